The van der Waals surface area contributed by atoms with Crippen LogP contribution in [0.4, 0.5) is 0 Å². The molecule has 0 amide bonds. The summed E-state index contributed by atoms with van der Waals surface area (Å²) in [5.74, 6) is 2.43. The Balaban J connectivity index is 0.00000103. The number of aryl methyl sites for hydroxylation is 1. The lowest BCUT2D eigenvalue weighted by molar-refractivity contribution is 0.284. The third-order valence-electron chi connectivity index (χ3n) is 6.83. The molecule has 4 rings (SSSR count). The second-order valence-corrected chi connectivity index (χ2v) is 9.51. The van der Waals surface area contributed by atoms with Gasteiger partial charge in [0, 0.05) is 29.1 Å². The zero-order valence-electron chi connectivity index (χ0n) is 21.4. The molecule has 1 fully saturated rings. The van der Waals surface area contributed by atoms with Crippen LogP contribution >= 0.6 is 0 Å². The maximum atomic E-state index is 9.07. The fraction of sp³-hybridized carbons (Fsp3) is 0.433. The first-order chi connectivity index (χ1) is 16.6. The van der Waals surface area contributed by atoms with Gasteiger partial charge in [-0.1, -0.05) is 75.4 Å². The van der Waals surface area contributed by atoms with Gasteiger partial charge in [0.1, 0.15) is 0 Å². The van der Waals surface area contributed by atoms with E-state index in [1.165, 1.54) is 52.5 Å². The van der Waals surface area contributed by atoms with Crippen LogP contribution in [0, 0.1) is 18.2 Å². The number of unbranched alkanes of at least 4 members (excludes halogenated alkanes) is 1. The van der Waals surface area contributed by atoms with Crippen molar-refractivity contribution in [2.75, 3.05) is 19.6 Å². The standard InChI is InChI=1S/C27H32BN3.C3H8/c1-3-23-10-12-24(13-11-23)20-26-22(2)31(27-9-5-4-8-25(26)27)17-7-6-16-30-18-14-28(21-29)15-19-30;1-3-2/h3-5,8-13H,1,6-7,14-20H2,2H3;3H2,1-2H3. The van der Waals surface area contributed by atoms with Crippen molar-refractivity contribution in [2.24, 2.45) is 0 Å². The summed E-state index contributed by atoms with van der Waals surface area (Å²) in [6.07, 6.45) is 8.58. The number of rotatable bonds is 8. The number of hydrogen-bond acceptors (Lipinski definition) is 2. The lowest BCUT2D eigenvalue weighted by Gasteiger charge is -2.27. The molecule has 1 aliphatic heterocycles. The third kappa shape index (κ3) is 6.64. The Hall–Kier alpha value is -2.77. The number of benzene rings is 2. The first-order valence-electron chi connectivity index (χ1n) is 13.0. The van der Waals surface area contributed by atoms with Gasteiger partial charge in [0.05, 0.1) is 0 Å². The summed E-state index contributed by atoms with van der Waals surface area (Å²) in [6, 6.07) is 17.6. The average molecular weight is 453 g/mol. The SMILES string of the molecule is C=Cc1ccc(Cc2c(C)n(CCCCN3CCB(C#N)CC3)c3ccccc23)cc1.CCC. The molecule has 0 atom stereocenters. The van der Waals surface area contributed by atoms with Gasteiger partial charge in [-0.05, 0) is 81.2 Å². The van der Waals surface area contributed by atoms with E-state index in [4.69, 9.17) is 5.26 Å². The lowest BCUT2D eigenvalue weighted by atomic mass is 9.45. The van der Waals surface area contributed by atoms with Gasteiger partial charge >= 0.3 is 0 Å². The fourth-order valence-electron chi connectivity index (χ4n) is 4.88. The Bertz CT molecular complexity index is 1080. The third-order valence-corrected chi connectivity index (χ3v) is 6.83. The molecule has 3 aromatic rings. The molecule has 4 heteroatoms. The van der Waals surface area contributed by atoms with Crippen LogP contribution in [0.2, 0.25) is 12.6 Å². The number of fused-ring (bicyclic) bond motifs is 1. The van der Waals surface area contributed by atoms with Gasteiger partial charge < -0.3 is 9.47 Å². The van der Waals surface area contributed by atoms with E-state index in [1.54, 1.807) is 0 Å². The number of aromatic nitrogens is 1. The summed E-state index contributed by atoms with van der Waals surface area (Å²) in [5.41, 5.74) is 6.70. The minimum atomic E-state index is 0.275. The van der Waals surface area contributed by atoms with Crippen LogP contribution in [0.3, 0.4) is 0 Å². The Morgan fingerprint density at radius 2 is 1.65 bits per heavy atom. The van der Waals surface area contributed by atoms with Crippen molar-refractivity contribution < 1.29 is 0 Å². The largest absolute Gasteiger partial charge is 0.345 e. The van der Waals surface area contributed by atoms with Gasteiger partial charge in [0.15, 0.2) is 0 Å². The van der Waals surface area contributed by atoms with Crippen LogP contribution < -0.4 is 0 Å². The van der Waals surface area contributed by atoms with Gasteiger partial charge in [-0.3, -0.25) is 0 Å². The van der Waals surface area contributed by atoms with Gasteiger partial charge in [-0.2, -0.15) is 0 Å². The molecule has 34 heavy (non-hydrogen) atoms. The first kappa shape index (κ1) is 25.9. The van der Waals surface area contributed by atoms with Crippen molar-refractivity contribution in [3.05, 3.63) is 77.5 Å². The number of nitriles is 1. The quantitative estimate of drug-likeness (QED) is 0.266. The molecule has 2 aromatic carbocycles. The summed E-state index contributed by atoms with van der Waals surface area (Å²) >= 11 is 0. The molecule has 3 nitrogen and oxygen atoms in total. The second kappa shape index (κ2) is 13.2. The van der Waals surface area contributed by atoms with Crippen molar-refractivity contribution in [1.29, 1.82) is 5.26 Å². The topological polar surface area (TPSA) is 32.0 Å². The van der Waals surface area contributed by atoms with Crippen molar-refractivity contribution in [3.63, 3.8) is 0 Å². The molecule has 0 N–H and O–H groups in total. The summed E-state index contributed by atoms with van der Waals surface area (Å²) in [6.45, 7) is 15.0. The molecule has 1 aliphatic rings. The maximum absolute atomic E-state index is 9.07. The van der Waals surface area contributed by atoms with Crippen molar-refractivity contribution in [2.45, 2.75) is 65.6 Å². The van der Waals surface area contributed by atoms with Crippen LogP contribution in [-0.2, 0) is 13.0 Å². The van der Waals surface area contributed by atoms with Crippen LogP contribution in [0.1, 0.15) is 55.5 Å². The normalized spacial score (nSPS) is 13.9. The average Bonchev–Trinajstić information content (AvgIpc) is 3.14. The molecular weight excluding hydrogens is 413 g/mol. The van der Waals surface area contributed by atoms with Crippen LogP contribution in [-0.4, -0.2) is 35.8 Å². The Kier molecular flexibility index (Phi) is 10.0. The van der Waals surface area contributed by atoms with E-state index in [-0.39, 0.29) is 6.71 Å². The zero-order valence-corrected chi connectivity index (χ0v) is 21.4. The zero-order chi connectivity index (χ0) is 24.3. The minimum absolute atomic E-state index is 0.275. The molecule has 0 radical (unpaired) electrons. The van der Waals surface area contributed by atoms with E-state index in [1.807, 2.05) is 6.08 Å². The lowest BCUT2D eigenvalue weighted by Crippen LogP contribution is -2.37. The van der Waals surface area contributed by atoms with E-state index in [0.29, 0.717) is 0 Å². The highest BCUT2D eigenvalue weighted by molar-refractivity contribution is 6.67. The van der Waals surface area contributed by atoms with Crippen LogP contribution in [0.15, 0.2) is 55.1 Å². The molecule has 0 bridgehead atoms. The number of para-hydroxylation sites is 1. The predicted molar refractivity (Wildman–Crippen MR) is 149 cm³/mol. The van der Waals surface area contributed by atoms with Crippen molar-refractivity contribution in [3.8, 4) is 5.97 Å². The van der Waals surface area contributed by atoms with Gasteiger partial charge in [-0.25, -0.2) is 5.26 Å². The molecule has 0 aliphatic carbocycles. The van der Waals surface area contributed by atoms with E-state index in [2.05, 4.69) is 91.3 Å². The molecular formula is C30H40BN3. The second-order valence-electron chi connectivity index (χ2n) is 9.51. The molecule has 1 saturated heterocycles. The van der Waals surface area contributed by atoms with Gasteiger partial charge in [0.25, 0.3) is 6.71 Å². The van der Waals surface area contributed by atoms with E-state index < -0.39 is 0 Å². The summed E-state index contributed by atoms with van der Waals surface area (Å²) in [5, 5.41) is 10.5. The number of nitrogens with zero attached hydrogens (tertiary/aromatic N) is 3. The van der Waals surface area contributed by atoms with Gasteiger partial charge in [-0.15, -0.1) is 0 Å². The van der Waals surface area contributed by atoms with Crippen molar-refractivity contribution >= 4 is 23.7 Å². The maximum Gasteiger partial charge on any atom is 0.270 e. The fourth-order valence-corrected chi connectivity index (χ4v) is 4.88. The molecule has 0 saturated carbocycles. The van der Waals surface area contributed by atoms with Crippen LogP contribution in [0.5, 0.6) is 0 Å². The van der Waals surface area contributed by atoms with E-state index in [0.717, 1.165) is 45.2 Å². The molecule has 2 heterocycles. The molecule has 1 aromatic heterocycles. The smallest absolute Gasteiger partial charge is 0.270 e. The van der Waals surface area contributed by atoms with E-state index in [9.17, 15) is 0 Å². The Morgan fingerprint density at radius 1 is 1.00 bits per heavy atom. The van der Waals surface area contributed by atoms with Crippen LogP contribution in [0.25, 0.3) is 17.0 Å². The first-order valence-corrected chi connectivity index (χ1v) is 13.0. The predicted octanol–water partition coefficient (Wildman–Crippen LogP) is 7.25. The highest BCUT2D eigenvalue weighted by atomic mass is 15.1. The molecule has 178 valence electrons. The minimum Gasteiger partial charge on any atom is -0.345 e. The van der Waals surface area contributed by atoms with Crippen molar-refractivity contribution in [1.82, 2.24) is 9.47 Å². The monoisotopic (exact) mass is 453 g/mol. The summed E-state index contributed by atoms with van der Waals surface area (Å²) in [7, 11) is 0. The Labute approximate surface area is 207 Å². The molecule has 0 spiro atoms. The number of hydrogen-bond donors (Lipinski definition) is 0. The van der Waals surface area contributed by atoms with Gasteiger partial charge in [0.2, 0.25) is 0 Å². The summed E-state index contributed by atoms with van der Waals surface area (Å²) in [4.78, 5) is 2.53. The highest BCUT2D eigenvalue weighted by Crippen LogP contribution is 2.28. The summed E-state index contributed by atoms with van der Waals surface area (Å²) < 4.78 is 2.52. The Morgan fingerprint density at radius 3 is 2.29 bits per heavy atom. The van der Waals surface area contributed by atoms with E-state index >= 15 is 0 Å². The molecule has 0 unspecified atom stereocenters. The highest BCUT2D eigenvalue weighted by Gasteiger charge is 2.22.